The van der Waals surface area contributed by atoms with Crippen molar-refractivity contribution in [2.45, 2.75) is 38.3 Å². The van der Waals surface area contributed by atoms with E-state index in [0.29, 0.717) is 24.6 Å². The minimum absolute atomic E-state index is 0.00371. The van der Waals surface area contributed by atoms with Crippen molar-refractivity contribution in [3.63, 3.8) is 0 Å². The number of fused-ring (bicyclic) bond motifs is 1. The zero-order valence-electron chi connectivity index (χ0n) is 17.2. The summed E-state index contributed by atoms with van der Waals surface area (Å²) in [4.78, 5) is 20.9. The average Bonchev–Trinajstić information content (AvgIpc) is 3.19. The summed E-state index contributed by atoms with van der Waals surface area (Å²) in [5, 5.41) is 9.62. The Hall–Kier alpha value is -2.62. The number of benzene rings is 1. The first-order valence-electron chi connectivity index (χ1n) is 10.5. The molecule has 6 rings (SSSR count). The van der Waals surface area contributed by atoms with Gasteiger partial charge in [0, 0.05) is 29.4 Å². The van der Waals surface area contributed by atoms with E-state index in [0.717, 1.165) is 37.3 Å². The number of aromatic nitrogens is 5. The molecule has 1 aromatic carbocycles. The lowest BCUT2D eigenvalue weighted by atomic mass is 10.1. The Labute approximate surface area is 197 Å². The molecule has 4 heterocycles. The first-order valence-corrected chi connectivity index (χ1v) is 12.5. The smallest absolute Gasteiger partial charge is 0.254 e. The number of carbonyl (C=O) groups is 1. The van der Waals surface area contributed by atoms with Gasteiger partial charge in [-0.1, -0.05) is 23.7 Å². The highest BCUT2D eigenvalue weighted by Gasteiger charge is 2.34. The third kappa shape index (κ3) is 3.44. The number of hydrogen-bond donors (Lipinski definition) is 0. The maximum Gasteiger partial charge on any atom is 0.254 e. The molecular weight excluding hydrogens is 464 g/mol. The number of amides is 1. The fourth-order valence-corrected chi connectivity index (χ4v) is 5.85. The van der Waals surface area contributed by atoms with Gasteiger partial charge < -0.3 is 9.47 Å². The van der Waals surface area contributed by atoms with Crippen molar-refractivity contribution in [2.75, 3.05) is 6.54 Å². The highest BCUT2D eigenvalue weighted by molar-refractivity contribution is 7.19. The van der Waals surface area contributed by atoms with Crippen LogP contribution in [0, 0.1) is 0 Å². The zero-order chi connectivity index (χ0) is 21.8. The van der Waals surface area contributed by atoms with E-state index in [1.54, 1.807) is 0 Å². The van der Waals surface area contributed by atoms with E-state index in [1.165, 1.54) is 35.7 Å². The van der Waals surface area contributed by atoms with Crippen LogP contribution in [0.2, 0.25) is 4.34 Å². The molecule has 1 aliphatic carbocycles. The van der Waals surface area contributed by atoms with Gasteiger partial charge >= 0.3 is 0 Å². The van der Waals surface area contributed by atoms with Crippen LogP contribution in [0.4, 0.5) is 0 Å². The quantitative estimate of drug-likeness (QED) is 0.396. The van der Waals surface area contributed by atoms with Crippen molar-refractivity contribution >= 4 is 40.4 Å². The van der Waals surface area contributed by atoms with Crippen LogP contribution >= 0.6 is 34.5 Å². The van der Waals surface area contributed by atoms with Crippen LogP contribution in [0.1, 0.15) is 53.7 Å². The van der Waals surface area contributed by atoms with E-state index in [1.807, 2.05) is 48.2 Å². The SMILES string of the molecule is C[C@@H]1c2nnc(-c3nc(C4CC4)ns3)n2CCN1C(=O)c1ccc(-c2ccc(Cl)s2)cc1. The van der Waals surface area contributed by atoms with E-state index in [4.69, 9.17) is 11.6 Å². The molecule has 0 spiro atoms. The van der Waals surface area contributed by atoms with Gasteiger partial charge in [-0.15, -0.1) is 21.5 Å². The number of nitrogens with zero attached hydrogens (tertiary/aromatic N) is 6. The fourth-order valence-electron chi connectivity index (χ4n) is 4.07. The monoisotopic (exact) mass is 482 g/mol. The Balaban J connectivity index is 1.23. The first-order chi connectivity index (χ1) is 15.6. The van der Waals surface area contributed by atoms with Crippen molar-refractivity contribution in [3.8, 4) is 21.3 Å². The topological polar surface area (TPSA) is 76.8 Å². The third-order valence-electron chi connectivity index (χ3n) is 6.01. The number of thiophene rings is 1. The molecule has 1 amide bonds. The van der Waals surface area contributed by atoms with Crippen molar-refractivity contribution in [1.29, 1.82) is 0 Å². The van der Waals surface area contributed by atoms with Gasteiger partial charge in [0.25, 0.3) is 5.91 Å². The molecule has 162 valence electrons. The molecule has 0 bridgehead atoms. The first kappa shape index (κ1) is 20.0. The van der Waals surface area contributed by atoms with E-state index >= 15 is 0 Å². The van der Waals surface area contributed by atoms with Gasteiger partial charge in [-0.2, -0.15) is 4.37 Å². The molecule has 1 atom stereocenters. The van der Waals surface area contributed by atoms with Crippen molar-refractivity contribution < 1.29 is 4.79 Å². The molecule has 1 saturated carbocycles. The van der Waals surface area contributed by atoms with Gasteiger partial charge in [0.05, 0.1) is 10.4 Å². The van der Waals surface area contributed by atoms with Crippen molar-refractivity contribution in [1.82, 2.24) is 29.0 Å². The summed E-state index contributed by atoms with van der Waals surface area (Å²) >= 11 is 8.96. The molecule has 2 aliphatic rings. The largest absolute Gasteiger partial charge is 0.327 e. The maximum atomic E-state index is 13.3. The van der Waals surface area contributed by atoms with Crippen molar-refractivity contribution in [3.05, 3.63) is 57.9 Å². The Morgan fingerprint density at radius 3 is 2.62 bits per heavy atom. The molecule has 32 heavy (non-hydrogen) atoms. The summed E-state index contributed by atoms with van der Waals surface area (Å²) in [6, 6.07) is 11.4. The molecule has 10 heteroatoms. The van der Waals surface area contributed by atoms with Crippen LogP contribution in [0.15, 0.2) is 36.4 Å². The standard InChI is InChI=1S/C22H19ClN6OS2/c1-12-19-25-26-20(21-24-18(27-32-21)14-4-5-14)29(19)11-10-28(12)22(30)15-6-2-13(3-7-15)16-8-9-17(23)31-16/h2-3,6-9,12,14H,4-5,10-11H2,1H3/t12-/m1/s1. The van der Waals surface area contributed by atoms with E-state index in [9.17, 15) is 4.79 Å². The lowest BCUT2D eigenvalue weighted by molar-refractivity contribution is 0.0638. The summed E-state index contributed by atoms with van der Waals surface area (Å²) in [5.74, 6) is 2.97. The molecule has 0 unspecified atom stereocenters. The number of hydrogen-bond acceptors (Lipinski definition) is 7. The van der Waals surface area contributed by atoms with Gasteiger partial charge in [-0.25, -0.2) is 4.98 Å². The van der Waals surface area contributed by atoms with Gasteiger partial charge in [0.1, 0.15) is 5.82 Å². The molecule has 7 nitrogen and oxygen atoms in total. The summed E-state index contributed by atoms with van der Waals surface area (Å²) in [6.45, 7) is 3.23. The second-order valence-electron chi connectivity index (χ2n) is 8.12. The molecule has 1 aliphatic heterocycles. The molecule has 3 aromatic heterocycles. The summed E-state index contributed by atoms with van der Waals surface area (Å²) in [6.07, 6.45) is 2.34. The minimum atomic E-state index is -0.177. The maximum absolute atomic E-state index is 13.3. The summed E-state index contributed by atoms with van der Waals surface area (Å²) in [7, 11) is 0. The predicted octanol–water partition coefficient (Wildman–Crippen LogP) is 5.27. The lowest BCUT2D eigenvalue weighted by Gasteiger charge is -2.33. The van der Waals surface area contributed by atoms with Gasteiger partial charge in [-0.05, 0) is 61.1 Å². The number of carbonyl (C=O) groups excluding carboxylic acids is 1. The van der Waals surface area contributed by atoms with Crippen LogP contribution in [-0.4, -0.2) is 41.5 Å². The van der Waals surface area contributed by atoms with Crippen LogP contribution in [0.25, 0.3) is 21.3 Å². The predicted molar refractivity (Wildman–Crippen MR) is 125 cm³/mol. The average molecular weight is 483 g/mol. The Kier molecular flexibility index (Phi) is 4.85. The second kappa shape index (κ2) is 7.75. The summed E-state index contributed by atoms with van der Waals surface area (Å²) < 4.78 is 7.33. The molecule has 0 radical (unpaired) electrons. The molecular formula is C22H19ClN6OS2. The van der Waals surface area contributed by atoms with Crippen molar-refractivity contribution in [2.24, 2.45) is 0 Å². The summed E-state index contributed by atoms with van der Waals surface area (Å²) in [5.41, 5.74) is 1.71. The zero-order valence-corrected chi connectivity index (χ0v) is 19.6. The second-order valence-corrected chi connectivity index (χ2v) is 10.6. The molecule has 4 aromatic rings. The van der Waals surface area contributed by atoms with Crippen LogP contribution in [0.3, 0.4) is 0 Å². The highest BCUT2D eigenvalue weighted by atomic mass is 35.5. The number of halogens is 1. The van der Waals surface area contributed by atoms with E-state index in [2.05, 4.69) is 24.1 Å². The molecule has 0 N–H and O–H groups in total. The Morgan fingerprint density at radius 2 is 1.91 bits per heavy atom. The van der Waals surface area contributed by atoms with Gasteiger partial charge in [-0.3, -0.25) is 4.79 Å². The lowest BCUT2D eigenvalue weighted by Crippen LogP contribution is -2.41. The van der Waals surface area contributed by atoms with Crippen LogP contribution < -0.4 is 0 Å². The minimum Gasteiger partial charge on any atom is -0.327 e. The normalized spacial score (nSPS) is 18.1. The van der Waals surface area contributed by atoms with Gasteiger partial charge in [0.2, 0.25) is 0 Å². The Bertz CT molecular complexity index is 1310. The van der Waals surface area contributed by atoms with E-state index < -0.39 is 0 Å². The Morgan fingerprint density at radius 1 is 1.09 bits per heavy atom. The highest BCUT2D eigenvalue weighted by Crippen LogP contribution is 2.40. The molecule has 0 saturated heterocycles. The fraction of sp³-hybridized carbons (Fsp3) is 0.318. The van der Waals surface area contributed by atoms with Crippen LogP contribution in [-0.2, 0) is 6.54 Å². The number of rotatable bonds is 4. The third-order valence-corrected chi connectivity index (χ3v) is 8.02. The van der Waals surface area contributed by atoms with Gasteiger partial charge in [0.15, 0.2) is 16.7 Å². The van der Waals surface area contributed by atoms with E-state index in [-0.39, 0.29) is 11.9 Å². The van der Waals surface area contributed by atoms with Crippen LogP contribution in [0.5, 0.6) is 0 Å². The molecule has 1 fully saturated rings.